The first-order chi connectivity index (χ1) is 22.8. The molecule has 1 saturated carbocycles. The summed E-state index contributed by atoms with van der Waals surface area (Å²) in [5, 5.41) is 12.8. The largest absolute Gasteiger partial charge is 0.459 e. The fourth-order valence-electron chi connectivity index (χ4n) is 7.61. The molecule has 15 heteroatoms. The standard InChI is InChI=1S/C34H46O15/c1-16(2)12-25(39)49-29-26(45-19(5)36)28(46-20(6)37)32(8)23(44-18(4)35)11-10-22(14-42-9)13-24-34(41,17(3)31(40)48-24)30(47-21(7)38)27(32)33(29)15-43-33/h10-11,13,16-17,23-24,26-30,41H,12,14-15H2,1-9H3/b11-10-,22-13+/t17-,23-,24-,26+,27+,28-,29+,30-,32+,33-,34-/m0/s1. The summed E-state index contributed by atoms with van der Waals surface area (Å²) in [6, 6.07) is 0. The maximum Gasteiger partial charge on any atom is 0.312 e. The molecule has 4 rings (SSSR count). The van der Waals surface area contributed by atoms with Gasteiger partial charge < -0.3 is 43.0 Å². The van der Waals surface area contributed by atoms with Crippen molar-refractivity contribution in [3.63, 3.8) is 0 Å². The molecule has 2 aliphatic carbocycles. The lowest BCUT2D eigenvalue weighted by Crippen LogP contribution is -2.76. The second kappa shape index (κ2) is 14.2. The predicted octanol–water partition coefficient (Wildman–Crippen LogP) is 1.51. The number of aliphatic hydroxyl groups is 1. The Bertz CT molecular complexity index is 1410. The molecule has 0 unspecified atom stereocenters. The number of hydrogen-bond acceptors (Lipinski definition) is 15. The van der Waals surface area contributed by atoms with Crippen LogP contribution >= 0.6 is 0 Å². The highest BCUT2D eigenvalue weighted by Crippen LogP contribution is 2.63. The number of carbonyl (C=O) groups is 6. The highest BCUT2D eigenvalue weighted by molar-refractivity contribution is 5.78. The zero-order chi connectivity index (χ0) is 36.6. The van der Waals surface area contributed by atoms with Gasteiger partial charge in [0.2, 0.25) is 0 Å². The molecule has 1 N–H and O–H groups in total. The van der Waals surface area contributed by atoms with E-state index < -0.39 is 101 Å². The van der Waals surface area contributed by atoms with Gasteiger partial charge in [0.15, 0.2) is 30.0 Å². The highest BCUT2D eigenvalue weighted by Gasteiger charge is 2.81. The first-order valence-corrected chi connectivity index (χ1v) is 16.2. The van der Waals surface area contributed by atoms with Crippen molar-refractivity contribution in [2.24, 2.45) is 23.2 Å². The smallest absolute Gasteiger partial charge is 0.312 e. The molecule has 0 aromatic carbocycles. The number of epoxide rings is 1. The third-order valence-corrected chi connectivity index (χ3v) is 9.66. The van der Waals surface area contributed by atoms with Gasteiger partial charge in [0, 0.05) is 47.1 Å². The maximum absolute atomic E-state index is 13.3. The monoisotopic (exact) mass is 694 g/mol. The van der Waals surface area contributed by atoms with Crippen molar-refractivity contribution >= 4 is 35.8 Å². The molecular weight excluding hydrogens is 648 g/mol. The summed E-state index contributed by atoms with van der Waals surface area (Å²) in [7, 11) is 1.42. The zero-order valence-electron chi connectivity index (χ0n) is 29.2. The molecule has 4 aliphatic rings. The lowest BCUT2D eigenvalue weighted by atomic mass is 9.51. The topological polar surface area (TPSA) is 200 Å². The van der Waals surface area contributed by atoms with Gasteiger partial charge in [0.25, 0.3) is 0 Å². The Morgan fingerprint density at radius 2 is 1.49 bits per heavy atom. The van der Waals surface area contributed by atoms with Crippen LogP contribution in [0.3, 0.4) is 0 Å². The molecular formula is C34H46O15. The second-order valence-corrected chi connectivity index (χ2v) is 13.8. The van der Waals surface area contributed by atoms with Crippen molar-refractivity contribution in [2.45, 2.75) is 110 Å². The van der Waals surface area contributed by atoms with Crippen LogP contribution in [0.5, 0.6) is 0 Å². The minimum absolute atomic E-state index is 0.0510. The van der Waals surface area contributed by atoms with E-state index in [2.05, 4.69) is 0 Å². The molecule has 2 heterocycles. The van der Waals surface area contributed by atoms with Crippen molar-refractivity contribution in [1.82, 2.24) is 0 Å². The fraction of sp³-hybridized carbons (Fsp3) is 0.706. The summed E-state index contributed by atoms with van der Waals surface area (Å²) in [4.78, 5) is 78.0. The van der Waals surface area contributed by atoms with E-state index in [0.717, 1.165) is 27.7 Å². The van der Waals surface area contributed by atoms with Gasteiger partial charge in [-0.15, -0.1) is 0 Å². The van der Waals surface area contributed by atoms with E-state index in [0.29, 0.717) is 5.57 Å². The molecule has 0 radical (unpaired) electrons. The number of fused-ring (bicyclic) bond motifs is 3. The van der Waals surface area contributed by atoms with Gasteiger partial charge in [0.1, 0.15) is 17.8 Å². The van der Waals surface area contributed by atoms with Gasteiger partial charge in [-0.3, -0.25) is 28.8 Å². The summed E-state index contributed by atoms with van der Waals surface area (Å²) in [5.74, 6) is -7.69. The van der Waals surface area contributed by atoms with Gasteiger partial charge in [-0.05, 0) is 30.6 Å². The van der Waals surface area contributed by atoms with E-state index in [-0.39, 0.29) is 25.6 Å². The third kappa shape index (κ3) is 7.11. The zero-order valence-corrected chi connectivity index (χ0v) is 29.2. The van der Waals surface area contributed by atoms with Crippen LogP contribution < -0.4 is 0 Å². The summed E-state index contributed by atoms with van der Waals surface area (Å²) in [5.41, 5.74) is -5.48. The average molecular weight is 695 g/mol. The van der Waals surface area contributed by atoms with Gasteiger partial charge in [-0.2, -0.15) is 0 Å². The summed E-state index contributed by atoms with van der Waals surface area (Å²) in [6.45, 7) is 10.8. The van der Waals surface area contributed by atoms with Crippen molar-refractivity contribution in [3.05, 3.63) is 23.8 Å². The van der Waals surface area contributed by atoms with E-state index in [1.807, 2.05) is 0 Å². The Morgan fingerprint density at radius 3 is 2.00 bits per heavy atom. The Hall–Kier alpha value is -3.82. The minimum Gasteiger partial charge on any atom is -0.459 e. The van der Waals surface area contributed by atoms with Crippen LogP contribution in [0, 0.1) is 23.2 Å². The second-order valence-electron chi connectivity index (χ2n) is 13.8. The SMILES string of the molecule is COCC1=C/[C@@H]2OC(=O)[C@H](C)[C@@]2(O)[C@@H](OC(C)=O)[C@H]2[C@@]3(CO3)[C@H](OC(=O)CC(C)C)[C@H](OC(C)=O)[C@H](OC(C)=O)[C@]2(C)[C@@H](OC(C)=O)/C=C\1. The van der Waals surface area contributed by atoms with Crippen LogP contribution in [0.2, 0.25) is 0 Å². The molecule has 11 atom stereocenters. The molecule has 2 aliphatic heterocycles. The lowest BCUT2D eigenvalue weighted by molar-refractivity contribution is -0.279. The van der Waals surface area contributed by atoms with Crippen molar-refractivity contribution in [2.75, 3.05) is 20.3 Å². The van der Waals surface area contributed by atoms with Crippen LogP contribution in [0.15, 0.2) is 23.8 Å². The van der Waals surface area contributed by atoms with Crippen molar-refractivity contribution < 1.29 is 71.8 Å². The Kier molecular flexibility index (Phi) is 11.0. The van der Waals surface area contributed by atoms with Crippen molar-refractivity contribution in [3.8, 4) is 0 Å². The number of carbonyl (C=O) groups excluding carboxylic acids is 6. The van der Waals surface area contributed by atoms with E-state index in [1.54, 1.807) is 13.8 Å². The van der Waals surface area contributed by atoms with E-state index >= 15 is 0 Å². The molecule has 0 aromatic heterocycles. The van der Waals surface area contributed by atoms with Crippen LogP contribution in [-0.2, 0) is 66.7 Å². The van der Waals surface area contributed by atoms with Crippen LogP contribution in [0.1, 0.15) is 61.8 Å². The molecule has 0 aromatic rings. The highest BCUT2D eigenvalue weighted by atomic mass is 16.7. The van der Waals surface area contributed by atoms with Gasteiger partial charge in [-0.25, -0.2) is 0 Å². The molecule has 1 spiro atoms. The minimum atomic E-state index is -2.33. The van der Waals surface area contributed by atoms with Crippen LogP contribution in [0.4, 0.5) is 0 Å². The van der Waals surface area contributed by atoms with Crippen molar-refractivity contribution in [1.29, 1.82) is 0 Å². The first-order valence-electron chi connectivity index (χ1n) is 16.2. The Morgan fingerprint density at radius 1 is 0.918 bits per heavy atom. The van der Waals surface area contributed by atoms with E-state index in [9.17, 15) is 33.9 Å². The normalized spacial score (nSPS) is 39.7. The fourth-order valence-corrected chi connectivity index (χ4v) is 7.61. The molecule has 49 heavy (non-hydrogen) atoms. The predicted molar refractivity (Wildman–Crippen MR) is 165 cm³/mol. The van der Waals surface area contributed by atoms with Gasteiger partial charge in [0.05, 0.1) is 24.5 Å². The maximum atomic E-state index is 13.3. The van der Waals surface area contributed by atoms with Gasteiger partial charge >= 0.3 is 35.8 Å². The Balaban J connectivity index is 2.15. The molecule has 15 nitrogen and oxygen atoms in total. The third-order valence-electron chi connectivity index (χ3n) is 9.66. The lowest BCUT2D eigenvalue weighted by Gasteiger charge is -2.59. The molecule has 0 bridgehead atoms. The van der Waals surface area contributed by atoms with Crippen LogP contribution in [0.25, 0.3) is 0 Å². The number of hydrogen-bond donors (Lipinski definition) is 1. The molecule has 272 valence electrons. The molecule has 0 amide bonds. The molecule has 2 saturated heterocycles. The molecule has 3 fully saturated rings. The van der Waals surface area contributed by atoms with E-state index in [4.69, 9.17) is 37.9 Å². The number of ether oxygens (including phenoxy) is 8. The van der Waals surface area contributed by atoms with Gasteiger partial charge in [-0.1, -0.05) is 26.8 Å². The van der Waals surface area contributed by atoms with Crippen LogP contribution in [-0.4, -0.2) is 109 Å². The summed E-state index contributed by atoms with van der Waals surface area (Å²) in [6.07, 6.45) is -4.77. The summed E-state index contributed by atoms with van der Waals surface area (Å²) >= 11 is 0. The van der Waals surface area contributed by atoms with E-state index in [1.165, 1.54) is 39.2 Å². The first kappa shape index (κ1) is 38.0. The Labute approximate surface area is 284 Å². The number of methoxy groups -OCH3 is 1. The number of esters is 6. The summed E-state index contributed by atoms with van der Waals surface area (Å²) < 4.78 is 46.9. The average Bonchev–Trinajstić information content (AvgIpc) is 3.72. The quantitative estimate of drug-likeness (QED) is 0.207. The number of rotatable bonds is 9.